The van der Waals surface area contributed by atoms with E-state index in [1.54, 1.807) is 17.4 Å². The molecule has 4 nitrogen and oxygen atoms in total. The Morgan fingerprint density at radius 1 is 1.42 bits per heavy atom. The summed E-state index contributed by atoms with van der Waals surface area (Å²) in [5, 5.41) is 11.6. The van der Waals surface area contributed by atoms with E-state index in [9.17, 15) is 4.39 Å². The van der Waals surface area contributed by atoms with E-state index in [0.717, 1.165) is 6.42 Å². The molecule has 19 heavy (non-hydrogen) atoms. The number of nitrogens with one attached hydrogen (secondary N) is 1. The summed E-state index contributed by atoms with van der Waals surface area (Å²) in [5.74, 6) is 0.198. The summed E-state index contributed by atoms with van der Waals surface area (Å²) >= 11 is 1.69. The first kappa shape index (κ1) is 12.1. The van der Waals surface area contributed by atoms with E-state index in [1.807, 2.05) is 0 Å². The van der Waals surface area contributed by atoms with Crippen LogP contribution in [0.1, 0.15) is 12.5 Å². The maximum atomic E-state index is 13.1. The average Bonchev–Trinajstić information content (AvgIpc) is 2.97. The number of hydrogen-bond acceptors (Lipinski definition) is 4. The highest BCUT2D eigenvalue weighted by Gasteiger charge is 2.08. The van der Waals surface area contributed by atoms with Gasteiger partial charge in [-0.2, -0.15) is 16.3 Å². The number of nitrogens with zero attached hydrogens (tertiary/aromatic N) is 3. The van der Waals surface area contributed by atoms with Crippen molar-refractivity contribution in [3.63, 3.8) is 0 Å². The van der Waals surface area contributed by atoms with Crippen molar-refractivity contribution in [3.05, 3.63) is 46.5 Å². The normalized spacial score (nSPS) is 12.7. The van der Waals surface area contributed by atoms with Gasteiger partial charge < -0.3 is 5.32 Å². The second kappa shape index (κ2) is 4.97. The molecule has 0 aromatic carbocycles. The van der Waals surface area contributed by atoms with E-state index in [-0.39, 0.29) is 11.9 Å². The molecule has 0 fully saturated rings. The van der Waals surface area contributed by atoms with Gasteiger partial charge in [0.25, 0.3) is 0 Å². The van der Waals surface area contributed by atoms with Gasteiger partial charge in [0.1, 0.15) is 5.82 Å². The summed E-state index contributed by atoms with van der Waals surface area (Å²) in [6, 6.07) is 5.31. The van der Waals surface area contributed by atoms with Crippen molar-refractivity contribution in [1.29, 1.82) is 0 Å². The lowest BCUT2D eigenvalue weighted by Crippen LogP contribution is -2.18. The van der Waals surface area contributed by atoms with Crippen LogP contribution in [0, 0.1) is 5.82 Å². The van der Waals surface area contributed by atoms with E-state index in [0.29, 0.717) is 11.6 Å². The molecule has 1 unspecified atom stereocenters. The zero-order valence-electron chi connectivity index (χ0n) is 10.4. The standard InChI is InChI=1S/C13H13FN4S/c1-9(6-10-4-5-19-8-10)15-13-16-12-3-2-11(14)7-18(12)17-13/h2-5,7-9H,6H2,1H3,(H,15,17). The van der Waals surface area contributed by atoms with Crippen molar-refractivity contribution in [1.82, 2.24) is 14.6 Å². The van der Waals surface area contributed by atoms with Gasteiger partial charge in [-0.3, -0.25) is 0 Å². The molecule has 0 amide bonds. The SMILES string of the molecule is CC(Cc1ccsc1)Nc1nc2ccc(F)cn2n1. The lowest BCUT2D eigenvalue weighted by Gasteiger charge is -2.10. The van der Waals surface area contributed by atoms with Gasteiger partial charge in [0.05, 0.1) is 6.20 Å². The Hall–Kier alpha value is -1.95. The first-order valence-electron chi connectivity index (χ1n) is 6.00. The van der Waals surface area contributed by atoms with Crippen molar-refractivity contribution in [3.8, 4) is 0 Å². The minimum Gasteiger partial charge on any atom is -0.350 e. The van der Waals surface area contributed by atoms with Crippen molar-refractivity contribution < 1.29 is 4.39 Å². The van der Waals surface area contributed by atoms with Crippen LogP contribution < -0.4 is 5.32 Å². The molecular weight excluding hydrogens is 263 g/mol. The third-order valence-corrected chi connectivity index (χ3v) is 3.52. The maximum Gasteiger partial charge on any atom is 0.243 e. The van der Waals surface area contributed by atoms with Crippen LogP contribution in [0.3, 0.4) is 0 Å². The molecular formula is C13H13FN4S. The Kier molecular flexibility index (Phi) is 3.16. The summed E-state index contributed by atoms with van der Waals surface area (Å²) in [7, 11) is 0. The number of fused-ring (bicyclic) bond motifs is 1. The van der Waals surface area contributed by atoms with E-state index in [2.05, 4.69) is 39.1 Å². The fraction of sp³-hybridized carbons (Fsp3) is 0.231. The van der Waals surface area contributed by atoms with Crippen molar-refractivity contribution in [2.75, 3.05) is 5.32 Å². The number of thiophene rings is 1. The minimum absolute atomic E-state index is 0.219. The summed E-state index contributed by atoms with van der Waals surface area (Å²) in [5.41, 5.74) is 1.92. The molecule has 3 aromatic heterocycles. The number of hydrogen-bond donors (Lipinski definition) is 1. The largest absolute Gasteiger partial charge is 0.350 e. The van der Waals surface area contributed by atoms with Gasteiger partial charge in [0.15, 0.2) is 5.65 Å². The zero-order valence-corrected chi connectivity index (χ0v) is 11.2. The van der Waals surface area contributed by atoms with Gasteiger partial charge in [-0.15, -0.1) is 5.10 Å². The van der Waals surface area contributed by atoms with Gasteiger partial charge >= 0.3 is 0 Å². The summed E-state index contributed by atoms with van der Waals surface area (Å²) in [6.45, 7) is 2.07. The van der Waals surface area contributed by atoms with Crippen molar-refractivity contribution in [2.45, 2.75) is 19.4 Å². The highest BCUT2D eigenvalue weighted by atomic mass is 32.1. The van der Waals surface area contributed by atoms with Crippen LogP contribution in [0.15, 0.2) is 35.2 Å². The Morgan fingerprint density at radius 3 is 3.11 bits per heavy atom. The number of anilines is 1. The molecule has 0 radical (unpaired) electrons. The number of rotatable bonds is 4. The number of pyridine rings is 1. The van der Waals surface area contributed by atoms with E-state index < -0.39 is 0 Å². The van der Waals surface area contributed by atoms with Crippen LogP contribution in [-0.2, 0) is 6.42 Å². The highest BCUT2D eigenvalue weighted by Crippen LogP contribution is 2.12. The van der Waals surface area contributed by atoms with Crippen LogP contribution in [0.4, 0.5) is 10.3 Å². The third-order valence-electron chi connectivity index (χ3n) is 2.79. The predicted molar refractivity (Wildman–Crippen MR) is 74.1 cm³/mol. The fourth-order valence-electron chi connectivity index (χ4n) is 1.95. The minimum atomic E-state index is -0.324. The average molecular weight is 276 g/mol. The first-order valence-corrected chi connectivity index (χ1v) is 6.94. The lowest BCUT2D eigenvalue weighted by molar-refractivity contribution is 0.614. The van der Waals surface area contributed by atoms with Gasteiger partial charge in [-0.1, -0.05) is 0 Å². The van der Waals surface area contributed by atoms with Gasteiger partial charge in [0.2, 0.25) is 5.95 Å². The van der Waals surface area contributed by atoms with E-state index in [4.69, 9.17) is 0 Å². The monoisotopic (exact) mass is 276 g/mol. The van der Waals surface area contributed by atoms with Crippen LogP contribution in [-0.4, -0.2) is 20.6 Å². The van der Waals surface area contributed by atoms with Gasteiger partial charge in [-0.05, 0) is 47.9 Å². The smallest absolute Gasteiger partial charge is 0.243 e. The van der Waals surface area contributed by atoms with E-state index in [1.165, 1.54) is 22.3 Å². The Labute approximate surface area is 113 Å². The molecule has 3 aromatic rings. The Morgan fingerprint density at radius 2 is 2.32 bits per heavy atom. The predicted octanol–water partition coefficient (Wildman–Crippen LogP) is 2.97. The fourth-order valence-corrected chi connectivity index (χ4v) is 2.63. The molecule has 1 atom stereocenters. The first-order chi connectivity index (χ1) is 9.20. The summed E-state index contributed by atoms with van der Waals surface area (Å²) in [6.07, 6.45) is 2.23. The Bertz CT molecular complexity index is 677. The zero-order chi connectivity index (χ0) is 13.2. The molecule has 6 heteroatoms. The van der Waals surface area contributed by atoms with Gasteiger partial charge in [-0.25, -0.2) is 8.91 Å². The second-order valence-corrected chi connectivity index (χ2v) is 5.25. The van der Waals surface area contributed by atoms with Crippen LogP contribution >= 0.6 is 11.3 Å². The molecule has 3 rings (SSSR count). The van der Waals surface area contributed by atoms with Gasteiger partial charge in [0, 0.05) is 6.04 Å². The Balaban J connectivity index is 1.74. The molecule has 1 N–H and O–H groups in total. The van der Waals surface area contributed by atoms with Crippen molar-refractivity contribution >= 4 is 22.9 Å². The van der Waals surface area contributed by atoms with Crippen LogP contribution in [0.5, 0.6) is 0 Å². The molecule has 0 bridgehead atoms. The molecule has 0 aliphatic heterocycles. The quantitative estimate of drug-likeness (QED) is 0.796. The number of halogens is 1. The molecule has 0 saturated carbocycles. The van der Waals surface area contributed by atoms with Crippen LogP contribution in [0.2, 0.25) is 0 Å². The third kappa shape index (κ3) is 2.73. The molecule has 0 aliphatic carbocycles. The summed E-state index contributed by atoms with van der Waals surface area (Å²) in [4.78, 5) is 4.30. The molecule has 98 valence electrons. The summed E-state index contributed by atoms with van der Waals surface area (Å²) < 4.78 is 14.5. The molecule has 0 aliphatic rings. The maximum absolute atomic E-state index is 13.1. The lowest BCUT2D eigenvalue weighted by atomic mass is 10.1. The topological polar surface area (TPSA) is 42.2 Å². The van der Waals surface area contributed by atoms with Crippen LogP contribution in [0.25, 0.3) is 5.65 Å². The molecule has 3 heterocycles. The molecule has 0 saturated heterocycles. The van der Waals surface area contributed by atoms with Crippen molar-refractivity contribution in [2.24, 2.45) is 0 Å². The molecule has 0 spiro atoms. The van der Waals surface area contributed by atoms with E-state index >= 15 is 0 Å². The highest BCUT2D eigenvalue weighted by molar-refractivity contribution is 7.07. The number of aromatic nitrogens is 3. The second-order valence-electron chi connectivity index (χ2n) is 4.47.